The summed E-state index contributed by atoms with van der Waals surface area (Å²) in [6.45, 7) is 7.37. The molecule has 0 aliphatic rings. The van der Waals surface area contributed by atoms with Crippen molar-refractivity contribution in [2.75, 3.05) is 13.2 Å². The van der Waals surface area contributed by atoms with Gasteiger partial charge in [0.2, 0.25) is 0 Å². The van der Waals surface area contributed by atoms with Gasteiger partial charge in [0.05, 0.1) is 0 Å². The van der Waals surface area contributed by atoms with Crippen molar-refractivity contribution in [3.8, 4) is 11.5 Å². The molecule has 2 aromatic rings. The van der Waals surface area contributed by atoms with Crippen LogP contribution in [-0.4, -0.2) is 24.3 Å². The summed E-state index contributed by atoms with van der Waals surface area (Å²) in [6.07, 6.45) is 0.623. The zero-order valence-corrected chi connectivity index (χ0v) is 15.1. The number of ether oxygens (including phenoxy) is 2. The molecule has 134 valence electrons. The Morgan fingerprint density at radius 1 is 1.00 bits per heavy atom. The minimum absolute atomic E-state index is 0.0237. The van der Waals surface area contributed by atoms with Gasteiger partial charge in [0.25, 0.3) is 0 Å². The van der Waals surface area contributed by atoms with E-state index in [0.29, 0.717) is 19.6 Å². The van der Waals surface area contributed by atoms with Crippen molar-refractivity contribution < 1.29 is 19.4 Å². The lowest BCUT2D eigenvalue weighted by Gasteiger charge is -2.22. The molecule has 2 aromatic carbocycles. The van der Waals surface area contributed by atoms with E-state index in [9.17, 15) is 4.79 Å². The number of para-hydroxylation sites is 1. The first-order chi connectivity index (χ1) is 11.9. The van der Waals surface area contributed by atoms with Crippen LogP contribution in [-0.2, 0) is 16.6 Å². The Bertz CT molecular complexity index is 701. The van der Waals surface area contributed by atoms with Gasteiger partial charge >= 0.3 is 5.97 Å². The molecule has 0 unspecified atom stereocenters. The van der Waals surface area contributed by atoms with Crippen LogP contribution < -0.4 is 9.47 Å². The lowest BCUT2D eigenvalue weighted by molar-refractivity contribution is -0.136. The zero-order valence-electron chi connectivity index (χ0n) is 15.1. The highest BCUT2D eigenvalue weighted by atomic mass is 16.5. The highest BCUT2D eigenvalue weighted by Crippen LogP contribution is 2.30. The zero-order chi connectivity index (χ0) is 18.3. The molecule has 0 bridgehead atoms. The number of benzene rings is 2. The predicted octanol–water partition coefficient (Wildman–Crippen LogP) is 4.46. The van der Waals surface area contributed by atoms with Crippen molar-refractivity contribution in [3.63, 3.8) is 0 Å². The van der Waals surface area contributed by atoms with Crippen LogP contribution in [0.15, 0.2) is 48.5 Å². The maximum Gasteiger partial charge on any atom is 0.303 e. The summed E-state index contributed by atoms with van der Waals surface area (Å²) in [5.41, 5.74) is 2.15. The van der Waals surface area contributed by atoms with Crippen LogP contribution in [0.2, 0.25) is 0 Å². The molecule has 0 fully saturated rings. The summed E-state index contributed by atoms with van der Waals surface area (Å²) in [5, 5.41) is 8.76. The van der Waals surface area contributed by atoms with Crippen LogP contribution in [0.3, 0.4) is 0 Å². The van der Waals surface area contributed by atoms with Crippen LogP contribution in [0.5, 0.6) is 11.5 Å². The molecule has 0 radical (unpaired) electrons. The van der Waals surface area contributed by atoms with E-state index in [-0.39, 0.29) is 11.8 Å². The van der Waals surface area contributed by atoms with E-state index in [1.54, 1.807) is 0 Å². The minimum atomic E-state index is -0.794. The third kappa shape index (κ3) is 6.14. The van der Waals surface area contributed by atoms with Gasteiger partial charge in [0.1, 0.15) is 24.7 Å². The minimum Gasteiger partial charge on any atom is -0.490 e. The molecule has 0 saturated heterocycles. The van der Waals surface area contributed by atoms with Crippen molar-refractivity contribution in [3.05, 3.63) is 59.7 Å². The van der Waals surface area contributed by atoms with Gasteiger partial charge in [-0.15, -0.1) is 0 Å². The maximum atomic E-state index is 10.7. The SMILES string of the molecule is CC(C)(C)c1ccccc1OCCOc1cccc(CCC(=O)O)c1. The second kappa shape index (κ2) is 8.56. The number of aryl methyl sites for hydroxylation is 1. The van der Waals surface area contributed by atoms with E-state index in [4.69, 9.17) is 14.6 Å². The summed E-state index contributed by atoms with van der Waals surface area (Å²) in [5.74, 6) is 0.821. The number of carboxylic acid groups (broad SMARTS) is 1. The Labute approximate surface area is 149 Å². The van der Waals surface area contributed by atoms with Crippen LogP contribution in [0.25, 0.3) is 0 Å². The molecule has 0 heterocycles. The third-order valence-corrected chi connectivity index (χ3v) is 3.83. The Morgan fingerprint density at radius 3 is 2.44 bits per heavy atom. The van der Waals surface area contributed by atoms with E-state index in [1.165, 1.54) is 5.56 Å². The normalized spacial score (nSPS) is 11.2. The van der Waals surface area contributed by atoms with Gasteiger partial charge in [-0.05, 0) is 41.2 Å². The van der Waals surface area contributed by atoms with E-state index in [0.717, 1.165) is 17.1 Å². The van der Waals surface area contributed by atoms with Crippen molar-refractivity contribution in [1.29, 1.82) is 0 Å². The summed E-state index contributed by atoms with van der Waals surface area (Å²) in [6, 6.07) is 15.6. The molecule has 1 N–H and O–H groups in total. The van der Waals surface area contributed by atoms with Gasteiger partial charge in [-0.1, -0.05) is 51.1 Å². The third-order valence-electron chi connectivity index (χ3n) is 3.83. The molecule has 0 aliphatic heterocycles. The number of hydrogen-bond acceptors (Lipinski definition) is 3. The molecule has 0 aliphatic carbocycles. The number of aliphatic carboxylic acids is 1. The highest BCUT2D eigenvalue weighted by Gasteiger charge is 2.18. The molecule has 25 heavy (non-hydrogen) atoms. The monoisotopic (exact) mass is 342 g/mol. The fourth-order valence-electron chi connectivity index (χ4n) is 2.57. The maximum absolute atomic E-state index is 10.7. The average molecular weight is 342 g/mol. The smallest absolute Gasteiger partial charge is 0.303 e. The average Bonchev–Trinajstić information content (AvgIpc) is 2.57. The van der Waals surface area contributed by atoms with E-state index in [1.807, 2.05) is 42.5 Å². The molecular weight excluding hydrogens is 316 g/mol. The van der Waals surface area contributed by atoms with Gasteiger partial charge in [-0.3, -0.25) is 4.79 Å². The molecule has 4 heteroatoms. The second-order valence-electron chi connectivity index (χ2n) is 6.98. The van der Waals surface area contributed by atoms with Gasteiger partial charge < -0.3 is 14.6 Å². The molecule has 2 rings (SSSR count). The van der Waals surface area contributed by atoms with Crippen molar-refractivity contribution in [1.82, 2.24) is 0 Å². The van der Waals surface area contributed by atoms with Gasteiger partial charge in [-0.2, -0.15) is 0 Å². The number of carboxylic acids is 1. The van der Waals surface area contributed by atoms with Crippen molar-refractivity contribution in [2.45, 2.75) is 39.0 Å². The summed E-state index contributed by atoms with van der Waals surface area (Å²) in [7, 11) is 0. The second-order valence-corrected chi connectivity index (χ2v) is 6.98. The summed E-state index contributed by atoms with van der Waals surface area (Å²) < 4.78 is 11.6. The standard InChI is InChI=1S/C21H26O4/c1-21(2,3)18-9-4-5-10-19(18)25-14-13-24-17-8-6-7-16(15-17)11-12-20(22)23/h4-10,15H,11-14H2,1-3H3,(H,22,23). The fourth-order valence-corrected chi connectivity index (χ4v) is 2.57. The van der Waals surface area contributed by atoms with Crippen molar-refractivity contribution >= 4 is 5.97 Å². The molecular formula is C21H26O4. The number of rotatable bonds is 8. The Hall–Kier alpha value is -2.49. The van der Waals surface area contributed by atoms with Crippen LogP contribution in [0.1, 0.15) is 38.3 Å². The summed E-state index contributed by atoms with van der Waals surface area (Å²) in [4.78, 5) is 10.7. The Balaban J connectivity index is 1.86. The molecule has 0 spiro atoms. The number of hydrogen-bond donors (Lipinski definition) is 1. The van der Waals surface area contributed by atoms with Gasteiger partial charge in [-0.25, -0.2) is 0 Å². The van der Waals surface area contributed by atoms with E-state index < -0.39 is 5.97 Å². The lowest BCUT2D eigenvalue weighted by atomic mass is 9.86. The van der Waals surface area contributed by atoms with Crippen molar-refractivity contribution in [2.24, 2.45) is 0 Å². The van der Waals surface area contributed by atoms with Gasteiger partial charge in [0, 0.05) is 6.42 Å². The first-order valence-electron chi connectivity index (χ1n) is 8.52. The fraction of sp³-hybridized carbons (Fsp3) is 0.381. The lowest BCUT2D eigenvalue weighted by Crippen LogP contribution is -2.15. The molecule has 0 aromatic heterocycles. The first-order valence-corrected chi connectivity index (χ1v) is 8.52. The topological polar surface area (TPSA) is 55.8 Å². The quantitative estimate of drug-likeness (QED) is 0.720. The molecule has 0 saturated carbocycles. The summed E-state index contributed by atoms with van der Waals surface area (Å²) >= 11 is 0. The largest absolute Gasteiger partial charge is 0.490 e. The molecule has 0 amide bonds. The van der Waals surface area contributed by atoms with Crippen LogP contribution in [0.4, 0.5) is 0 Å². The van der Waals surface area contributed by atoms with Crippen LogP contribution >= 0.6 is 0 Å². The predicted molar refractivity (Wildman–Crippen MR) is 98.5 cm³/mol. The van der Waals surface area contributed by atoms with Gasteiger partial charge in [0.15, 0.2) is 0 Å². The van der Waals surface area contributed by atoms with E-state index in [2.05, 4.69) is 26.8 Å². The molecule has 0 atom stereocenters. The van der Waals surface area contributed by atoms with Crippen LogP contribution in [0, 0.1) is 0 Å². The highest BCUT2D eigenvalue weighted by molar-refractivity contribution is 5.67. The molecule has 4 nitrogen and oxygen atoms in total. The Morgan fingerprint density at radius 2 is 1.72 bits per heavy atom. The number of carbonyl (C=O) groups is 1. The Kier molecular flexibility index (Phi) is 6.45. The first kappa shape index (κ1) is 18.8. The van der Waals surface area contributed by atoms with E-state index >= 15 is 0 Å².